The van der Waals surface area contributed by atoms with Crippen LogP contribution in [0.5, 0.6) is 0 Å². The number of rotatable bonds is 4. The molecular formula is C20H25N3O2. The fourth-order valence-electron chi connectivity index (χ4n) is 4.41. The van der Waals surface area contributed by atoms with E-state index in [0.29, 0.717) is 0 Å². The van der Waals surface area contributed by atoms with Crippen molar-refractivity contribution in [2.45, 2.75) is 18.5 Å². The maximum Gasteiger partial charge on any atom is 0.225 e. The number of nitrogens with one attached hydrogen (secondary N) is 1. The third-order valence-electron chi connectivity index (χ3n) is 5.63. The van der Waals surface area contributed by atoms with Crippen LogP contribution in [0.25, 0.3) is 0 Å². The van der Waals surface area contributed by atoms with Gasteiger partial charge in [0.1, 0.15) is 5.76 Å². The summed E-state index contributed by atoms with van der Waals surface area (Å²) in [6.07, 6.45) is 1.72. The van der Waals surface area contributed by atoms with E-state index in [4.69, 9.17) is 4.42 Å². The first kappa shape index (κ1) is 16.4. The Labute approximate surface area is 148 Å². The molecule has 2 aliphatic heterocycles. The van der Waals surface area contributed by atoms with Gasteiger partial charge in [0, 0.05) is 45.2 Å². The summed E-state index contributed by atoms with van der Waals surface area (Å²) in [7, 11) is 1.75. The number of fused-ring (bicyclic) bond motifs is 1. The van der Waals surface area contributed by atoms with Gasteiger partial charge in [-0.15, -0.1) is 0 Å². The number of nitrogens with zero attached hydrogens (tertiary/aromatic N) is 2. The topological polar surface area (TPSA) is 48.7 Å². The molecule has 0 aliphatic carbocycles. The van der Waals surface area contributed by atoms with E-state index >= 15 is 0 Å². The Morgan fingerprint density at radius 2 is 2.00 bits per heavy atom. The molecule has 25 heavy (non-hydrogen) atoms. The zero-order valence-electron chi connectivity index (χ0n) is 14.6. The van der Waals surface area contributed by atoms with Crippen LogP contribution in [0.4, 0.5) is 0 Å². The summed E-state index contributed by atoms with van der Waals surface area (Å²) in [5, 5.41) is 2.90. The molecule has 1 aromatic heterocycles. The standard InChI is InChI=1S/C20H25N3O2/c1-21-20(24)19-17(15-6-3-2-4-7-15)13-23-10-9-22(14-18(19)23)12-16-8-5-11-25-16/h2-8,11,17-19H,9-10,12-14H2,1H3,(H,21,24)/t17-,18-,19-/m1/s1. The van der Waals surface area contributed by atoms with E-state index in [-0.39, 0.29) is 23.8 Å². The number of hydrogen-bond acceptors (Lipinski definition) is 4. The highest BCUT2D eigenvalue weighted by Crippen LogP contribution is 2.39. The first-order chi connectivity index (χ1) is 12.3. The van der Waals surface area contributed by atoms with Crippen LogP contribution in [0, 0.1) is 5.92 Å². The van der Waals surface area contributed by atoms with Crippen molar-refractivity contribution in [2.75, 3.05) is 33.2 Å². The van der Waals surface area contributed by atoms with Crippen molar-refractivity contribution in [3.63, 3.8) is 0 Å². The van der Waals surface area contributed by atoms with E-state index in [1.807, 2.05) is 18.2 Å². The number of hydrogen-bond donors (Lipinski definition) is 1. The van der Waals surface area contributed by atoms with E-state index in [2.05, 4.69) is 39.4 Å². The third kappa shape index (κ3) is 3.22. The van der Waals surface area contributed by atoms with Crippen molar-refractivity contribution in [3.05, 3.63) is 60.1 Å². The van der Waals surface area contributed by atoms with Gasteiger partial charge in [-0.1, -0.05) is 30.3 Å². The molecule has 2 aliphatic rings. The minimum absolute atomic E-state index is 0.00759. The van der Waals surface area contributed by atoms with E-state index < -0.39 is 0 Å². The van der Waals surface area contributed by atoms with Crippen LogP contribution in [-0.2, 0) is 11.3 Å². The first-order valence-electron chi connectivity index (χ1n) is 9.01. The van der Waals surface area contributed by atoms with Crippen molar-refractivity contribution < 1.29 is 9.21 Å². The van der Waals surface area contributed by atoms with Crippen LogP contribution in [-0.4, -0.2) is 55.0 Å². The molecule has 0 spiro atoms. The quantitative estimate of drug-likeness (QED) is 0.925. The van der Waals surface area contributed by atoms with Gasteiger partial charge in [0.2, 0.25) is 5.91 Å². The summed E-state index contributed by atoms with van der Waals surface area (Å²) < 4.78 is 5.50. The number of furan rings is 1. The Hall–Kier alpha value is -2.11. The van der Waals surface area contributed by atoms with E-state index in [1.54, 1.807) is 13.3 Å². The van der Waals surface area contributed by atoms with Crippen molar-refractivity contribution in [2.24, 2.45) is 5.92 Å². The van der Waals surface area contributed by atoms with Crippen LogP contribution < -0.4 is 5.32 Å². The van der Waals surface area contributed by atoms with Crippen LogP contribution in [0.1, 0.15) is 17.2 Å². The molecule has 4 rings (SSSR count). The van der Waals surface area contributed by atoms with E-state index in [9.17, 15) is 4.79 Å². The lowest BCUT2D eigenvalue weighted by atomic mass is 9.84. The van der Waals surface area contributed by atoms with Crippen LogP contribution in [0.15, 0.2) is 53.1 Å². The van der Waals surface area contributed by atoms with Gasteiger partial charge in [-0.3, -0.25) is 14.6 Å². The molecule has 5 nitrogen and oxygen atoms in total. The predicted octanol–water partition coefficient (Wildman–Crippen LogP) is 1.93. The average molecular weight is 339 g/mol. The molecule has 1 N–H and O–H groups in total. The molecule has 132 valence electrons. The van der Waals surface area contributed by atoms with Crippen molar-refractivity contribution in [1.82, 2.24) is 15.1 Å². The molecule has 5 heteroatoms. The smallest absolute Gasteiger partial charge is 0.225 e. The number of carbonyl (C=O) groups excluding carboxylic acids is 1. The van der Waals surface area contributed by atoms with Crippen molar-refractivity contribution in [1.29, 1.82) is 0 Å². The Kier molecular flexibility index (Phi) is 4.59. The molecule has 2 saturated heterocycles. The summed E-state index contributed by atoms with van der Waals surface area (Å²) >= 11 is 0. The molecule has 2 aromatic rings. The second kappa shape index (κ2) is 7.02. The molecule has 1 aromatic carbocycles. The fraction of sp³-hybridized carbons (Fsp3) is 0.450. The van der Waals surface area contributed by atoms with Gasteiger partial charge in [0.15, 0.2) is 0 Å². The lowest BCUT2D eigenvalue weighted by Gasteiger charge is -2.38. The SMILES string of the molecule is CNC(=O)[C@@H]1[C@@H](c2ccccc2)CN2CCN(Cc3ccco3)C[C@H]12. The van der Waals surface area contributed by atoms with E-state index in [1.165, 1.54) is 5.56 Å². The summed E-state index contributed by atoms with van der Waals surface area (Å²) in [4.78, 5) is 17.6. The second-order valence-electron chi connectivity index (χ2n) is 7.03. The Morgan fingerprint density at radius 1 is 1.16 bits per heavy atom. The van der Waals surface area contributed by atoms with Crippen LogP contribution >= 0.6 is 0 Å². The number of piperazine rings is 1. The third-order valence-corrected chi connectivity index (χ3v) is 5.63. The Balaban J connectivity index is 1.55. The van der Waals surface area contributed by atoms with Crippen molar-refractivity contribution >= 4 is 5.91 Å². The maximum atomic E-state index is 12.7. The van der Waals surface area contributed by atoms with Crippen LogP contribution in [0.2, 0.25) is 0 Å². The van der Waals surface area contributed by atoms with E-state index in [0.717, 1.165) is 38.5 Å². The van der Waals surface area contributed by atoms with Gasteiger partial charge in [-0.05, 0) is 17.7 Å². The zero-order chi connectivity index (χ0) is 17.2. The van der Waals surface area contributed by atoms with Gasteiger partial charge < -0.3 is 9.73 Å². The van der Waals surface area contributed by atoms with Crippen LogP contribution in [0.3, 0.4) is 0 Å². The molecule has 0 saturated carbocycles. The Morgan fingerprint density at radius 3 is 2.72 bits per heavy atom. The zero-order valence-corrected chi connectivity index (χ0v) is 14.6. The highest BCUT2D eigenvalue weighted by molar-refractivity contribution is 5.80. The molecule has 2 fully saturated rings. The monoisotopic (exact) mass is 339 g/mol. The normalized spacial score (nSPS) is 27.2. The highest BCUT2D eigenvalue weighted by atomic mass is 16.3. The van der Waals surface area contributed by atoms with Gasteiger partial charge in [0.05, 0.1) is 18.7 Å². The van der Waals surface area contributed by atoms with Gasteiger partial charge >= 0.3 is 0 Å². The van der Waals surface area contributed by atoms with Crippen molar-refractivity contribution in [3.8, 4) is 0 Å². The summed E-state index contributed by atoms with van der Waals surface area (Å²) in [5.41, 5.74) is 1.27. The largest absolute Gasteiger partial charge is 0.468 e. The van der Waals surface area contributed by atoms with Gasteiger partial charge in [-0.25, -0.2) is 0 Å². The molecule has 3 heterocycles. The summed E-state index contributed by atoms with van der Waals surface area (Å²) in [6, 6.07) is 14.7. The molecule has 1 amide bonds. The highest BCUT2D eigenvalue weighted by Gasteiger charge is 2.47. The lowest BCUT2D eigenvalue weighted by Crippen LogP contribution is -2.53. The molecule has 0 radical (unpaired) electrons. The number of amides is 1. The average Bonchev–Trinajstić information content (AvgIpc) is 3.29. The maximum absolute atomic E-state index is 12.7. The number of benzene rings is 1. The van der Waals surface area contributed by atoms with Gasteiger partial charge in [-0.2, -0.15) is 0 Å². The number of carbonyl (C=O) groups is 1. The molecular weight excluding hydrogens is 314 g/mol. The predicted molar refractivity (Wildman–Crippen MR) is 96.1 cm³/mol. The molecule has 3 atom stereocenters. The second-order valence-corrected chi connectivity index (χ2v) is 7.03. The lowest BCUT2D eigenvalue weighted by molar-refractivity contribution is -0.126. The van der Waals surface area contributed by atoms with Gasteiger partial charge in [0.25, 0.3) is 0 Å². The molecule has 0 unspecified atom stereocenters. The fourth-order valence-corrected chi connectivity index (χ4v) is 4.41. The minimum Gasteiger partial charge on any atom is -0.468 e. The summed E-state index contributed by atoms with van der Waals surface area (Å²) in [5.74, 6) is 1.39. The minimum atomic E-state index is -0.00759. The summed E-state index contributed by atoms with van der Waals surface area (Å²) in [6.45, 7) is 4.69. The Bertz CT molecular complexity index is 701. The molecule has 0 bridgehead atoms. The first-order valence-corrected chi connectivity index (χ1v) is 9.01.